The van der Waals surface area contributed by atoms with Gasteiger partial charge < -0.3 is 9.42 Å². The summed E-state index contributed by atoms with van der Waals surface area (Å²) < 4.78 is 5.18. The maximum absolute atomic E-state index is 5.18. The van der Waals surface area contributed by atoms with E-state index in [0.29, 0.717) is 5.89 Å². The fraction of sp³-hybridized carbons (Fsp3) is 0.375. The van der Waals surface area contributed by atoms with Gasteiger partial charge in [0.15, 0.2) is 6.33 Å². The summed E-state index contributed by atoms with van der Waals surface area (Å²) in [5.41, 5.74) is 2.20. The summed E-state index contributed by atoms with van der Waals surface area (Å²) in [6.07, 6.45) is 4.90. The molecule has 0 aliphatic carbocycles. The van der Waals surface area contributed by atoms with Crippen molar-refractivity contribution in [2.24, 2.45) is 0 Å². The molecule has 0 bridgehead atoms. The number of hydrogen-bond donors (Lipinski definition) is 0. The van der Waals surface area contributed by atoms with E-state index in [-0.39, 0.29) is 6.04 Å². The molecular weight excluding hydrogens is 292 g/mol. The number of hydrogen-bond acceptors (Lipinski definition) is 7. The van der Waals surface area contributed by atoms with Gasteiger partial charge in [0.2, 0.25) is 5.89 Å². The SMILES string of the molecule is CC(c1ncno1)N1CCN(c2ccc3ncncc3c2)CC1. The fourth-order valence-electron chi connectivity index (χ4n) is 3.06. The highest BCUT2D eigenvalue weighted by Gasteiger charge is 2.25. The summed E-state index contributed by atoms with van der Waals surface area (Å²) in [6, 6.07) is 6.50. The fourth-order valence-corrected chi connectivity index (χ4v) is 3.06. The van der Waals surface area contributed by atoms with E-state index in [9.17, 15) is 0 Å². The molecule has 3 heterocycles. The van der Waals surface area contributed by atoms with Crippen LogP contribution < -0.4 is 4.90 Å². The highest BCUT2D eigenvalue weighted by molar-refractivity contribution is 5.81. The monoisotopic (exact) mass is 310 g/mol. The molecular formula is C16H18N6O. The van der Waals surface area contributed by atoms with Crippen LogP contribution in [0.1, 0.15) is 18.9 Å². The third-order valence-electron chi connectivity index (χ3n) is 4.45. The normalized spacial score (nSPS) is 17.5. The third kappa shape index (κ3) is 2.75. The average molecular weight is 310 g/mol. The molecule has 118 valence electrons. The Hall–Kier alpha value is -2.54. The molecule has 7 nitrogen and oxygen atoms in total. The van der Waals surface area contributed by atoms with Crippen molar-refractivity contribution >= 4 is 16.6 Å². The maximum atomic E-state index is 5.18. The Morgan fingerprint density at radius 3 is 2.74 bits per heavy atom. The van der Waals surface area contributed by atoms with Crippen molar-refractivity contribution in [3.63, 3.8) is 0 Å². The van der Waals surface area contributed by atoms with Gasteiger partial charge >= 0.3 is 0 Å². The highest BCUT2D eigenvalue weighted by atomic mass is 16.5. The van der Waals surface area contributed by atoms with Crippen LogP contribution in [0.4, 0.5) is 5.69 Å². The molecule has 0 N–H and O–H groups in total. The Bertz CT molecular complexity index is 782. The molecule has 1 aliphatic rings. The second-order valence-electron chi connectivity index (χ2n) is 5.74. The van der Waals surface area contributed by atoms with Gasteiger partial charge in [-0.1, -0.05) is 5.16 Å². The number of piperazine rings is 1. The van der Waals surface area contributed by atoms with Crippen molar-refractivity contribution < 1.29 is 4.52 Å². The molecule has 1 aliphatic heterocycles. The van der Waals surface area contributed by atoms with Gasteiger partial charge in [-0.05, 0) is 25.1 Å². The van der Waals surface area contributed by atoms with E-state index in [1.807, 2.05) is 6.20 Å². The molecule has 1 fully saturated rings. The molecule has 23 heavy (non-hydrogen) atoms. The van der Waals surface area contributed by atoms with Crippen LogP contribution >= 0.6 is 0 Å². The summed E-state index contributed by atoms with van der Waals surface area (Å²) in [4.78, 5) is 17.3. The molecule has 3 aromatic rings. The van der Waals surface area contributed by atoms with Gasteiger partial charge in [0, 0.05) is 43.4 Å². The lowest BCUT2D eigenvalue weighted by Crippen LogP contribution is -2.47. The van der Waals surface area contributed by atoms with Crippen LogP contribution in [0, 0.1) is 0 Å². The van der Waals surface area contributed by atoms with Crippen molar-refractivity contribution in [1.29, 1.82) is 0 Å². The Morgan fingerprint density at radius 2 is 1.96 bits per heavy atom. The van der Waals surface area contributed by atoms with Crippen molar-refractivity contribution in [3.05, 3.63) is 42.9 Å². The van der Waals surface area contributed by atoms with E-state index in [0.717, 1.165) is 37.1 Å². The van der Waals surface area contributed by atoms with E-state index in [4.69, 9.17) is 4.52 Å². The van der Waals surface area contributed by atoms with Gasteiger partial charge in [0.1, 0.15) is 6.33 Å². The maximum Gasteiger partial charge on any atom is 0.243 e. The Morgan fingerprint density at radius 1 is 1.09 bits per heavy atom. The molecule has 4 rings (SSSR count). The predicted molar refractivity (Wildman–Crippen MR) is 86.0 cm³/mol. The molecule has 0 spiro atoms. The van der Waals surface area contributed by atoms with Crippen molar-refractivity contribution in [1.82, 2.24) is 25.0 Å². The highest BCUT2D eigenvalue weighted by Crippen LogP contribution is 2.24. The van der Waals surface area contributed by atoms with Crippen LogP contribution in [0.25, 0.3) is 10.9 Å². The lowest BCUT2D eigenvalue weighted by Gasteiger charge is -2.38. The first-order valence-corrected chi connectivity index (χ1v) is 7.76. The van der Waals surface area contributed by atoms with Gasteiger partial charge in [0.25, 0.3) is 0 Å². The van der Waals surface area contributed by atoms with E-state index in [2.05, 4.69) is 55.0 Å². The van der Waals surface area contributed by atoms with Crippen LogP contribution in [-0.2, 0) is 0 Å². The molecule has 1 saturated heterocycles. The second-order valence-corrected chi connectivity index (χ2v) is 5.74. The summed E-state index contributed by atoms with van der Waals surface area (Å²) in [5, 5.41) is 4.77. The van der Waals surface area contributed by atoms with Crippen LogP contribution in [0.2, 0.25) is 0 Å². The molecule has 1 aromatic carbocycles. The lowest BCUT2D eigenvalue weighted by molar-refractivity contribution is 0.164. The lowest BCUT2D eigenvalue weighted by atomic mass is 10.1. The van der Waals surface area contributed by atoms with E-state index in [1.165, 1.54) is 12.0 Å². The quantitative estimate of drug-likeness (QED) is 0.731. The smallest absolute Gasteiger partial charge is 0.243 e. The summed E-state index contributed by atoms with van der Waals surface area (Å²) in [7, 11) is 0. The minimum Gasteiger partial charge on any atom is -0.369 e. The zero-order chi connectivity index (χ0) is 15.6. The average Bonchev–Trinajstić information content (AvgIpc) is 3.15. The van der Waals surface area contributed by atoms with Gasteiger partial charge in [-0.25, -0.2) is 9.97 Å². The summed E-state index contributed by atoms with van der Waals surface area (Å²) in [5.74, 6) is 0.682. The predicted octanol–water partition coefficient (Wildman–Crippen LogP) is 1.90. The summed E-state index contributed by atoms with van der Waals surface area (Å²) in [6.45, 7) is 5.98. The molecule has 0 radical (unpaired) electrons. The topological polar surface area (TPSA) is 71.2 Å². The van der Waals surface area contributed by atoms with E-state index >= 15 is 0 Å². The molecule has 7 heteroatoms. The minimum atomic E-state index is 0.157. The molecule has 1 unspecified atom stereocenters. The third-order valence-corrected chi connectivity index (χ3v) is 4.45. The Labute approximate surface area is 133 Å². The van der Waals surface area contributed by atoms with Crippen LogP contribution in [-0.4, -0.2) is 51.2 Å². The first-order valence-electron chi connectivity index (χ1n) is 7.76. The van der Waals surface area contributed by atoms with Crippen LogP contribution in [0.3, 0.4) is 0 Å². The van der Waals surface area contributed by atoms with Crippen LogP contribution in [0.5, 0.6) is 0 Å². The minimum absolute atomic E-state index is 0.157. The first-order chi connectivity index (χ1) is 11.3. The van der Waals surface area contributed by atoms with Crippen molar-refractivity contribution in [3.8, 4) is 0 Å². The van der Waals surface area contributed by atoms with E-state index in [1.54, 1.807) is 6.33 Å². The van der Waals surface area contributed by atoms with Crippen molar-refractivity contribution in [2.45, 2.75) is 13.0 Å². The van der Waals surface area contributed by atoms with E-state index < -0.39 is 0 Å². The molecule has 2 aromatic heterocycles. The van der Waals surface area contributed by atoms with Gasteiger partial charge in [-0.3, -0.25) is 4.90 Å². The van der Waals surface area contributed by atoms with Gasteiger partial charge in [0.05, 0.1) is 11.6 Å². The van der Waals surface area contributed by atoms with Gasteiger partial charge in [-0.2, -0.15) is 4.98 Å². The number of benzene rings is 1. The number of rotatable bonds is 3. The van der Waals surface area contributed by atoms with Crippen LogP contribution in [0.15, 0.2) is 41.6 Å². The second kappa shape index (κ2) is 5.92. The molecule has 0 amide bonds. The number of anilines is 1. The zero-order valence-electron chi connectivity index (χ0n) is 13.0. The number of fused-ring (bicyclic) bond motifs is 1. The Kier molecular flexibility index (Phi) is 3.63. The first kappa shape index (κ1) is 14.1. The molecule has 1 atom stereocenters. The largest absolute Gasteiger partial charge is 0.369 e. The Balaban J connectivity index is 1.46. The summed E-state index contributed by atoms with van der Waals surface area (Å²) >= 11 is 0. The number of aromatic nitrogens is 4. The van der Waals surface area contributed by atoms with Crippen molar-refractivity contribution in [2.75, 3.05) is 31.1 Å². The number of nitrogens with zero attached hydrogens (tertiary/aromatic N) is 6. The van der Waals surface area contributed by atoms with Gasteiger partial charge in [-0.15, -0.1) is 0 Å². The standard InChI is InChI=1S/C16H18N6O/c1-12(16-19-11-20-23-16)21-4-6-22(7-5-21)14-2-3-15-13(8-14)9-17-10-18-15/h2-3,8-12H,4-7H2,1H3. The zero-order valence-corrected chi connectivity index (χ0v) is 13.0. The molecule has 0 saturated carbocycles.